The van der Waals surface area contributed by atoms with Crippen LogP contribution in [-0.4, -0.2) is 41.3 Å². The Kier molecular flexibility index (Phi) is 6.93. The van der Waals surface area contributed by atoms with Crippen LogP contribution in [-0.2, 0) is 4.79 Å². The van der Waals surface area contributed by atoms with Gasteiger partial charge in [0.15, 0.2) is 0 Å². The van der Waals surface area contributed by atoms with E-state index < -0.39 is 6.10 Å². The van der Waals surface area contributed by atoms with Crippen molar-refractivity contribution in [2.75, 3.05) is 13.6 Å². The second kappa shape index (κ2) is 9.80. The fourth-order valence-electron chi connectivity index (χ4n) is 3.17. The van der Waals surface area contributed by atoms with E-state index >= 15 is 0 Å². The minimum absolute atomic E-state index is 0.0153. The molecule has 3 aromatic carbocycles. The predicted octanol–water partition coefficient (Wildman–Crippen LogP) is 4.10. The van der Waals surface area contributed by atoms with Crippen molar-refractivity contribution in [2.45, 2.75) is 19.1 Å². The highest BCUT2D eigenvalue weighted by atomic mass is 16.3. The third-order valence-corrected chi connectivity index (χ3v) is 5.07. The van der Waals surface area contributed by atoms with Gasteiger partial charge in [-0.25, -0.2) is 0 Å². The van der Waals surface area contributed by atoms with Crippen molar-refractivity contribution in [2.24, 2.45) is 4.99 Å². The number of aliphatic hydroxyl groups excluding tert-OH is 1. The summed E-state index contributed by atoms with van der Waals surface area (Å²) in [6.07, 6.45) is -0.753. The Balaban J connectivity index is 1.77. The second-order valence-corrected chi connectivity index (χ2v) is 7.00. The van der Waals surface area contributed by atoms with Gasteiger partial charge in [0.25, 0.3) is 0 Å². The first-order chi connectivity index (χ1) is 14.1. The number of hydrogen-bond donors (Lipinski definition) is 1. The van der Waals surface area contributed by atoms with Crippen LogP contribution in [0.2, 0.25) is 0 Å². The van der Waals surface area contributed by atoms with E-state index in [-0.39, 0.29) is 18.5 Å². The molecule has 0 aliphatic carbocycles. The average Bonchev–Trinajstić information content (AvgIpc) is 2.79. The summed E-state index contributed by atoms with van der Waals surface area (Å²) in [5, 5.41) is 10.6. The smallest absolute Gasteiger partial charge is 0.244 e. The van der Waals surface area contributed by atoms with Gasteiger partial charge in [-0.3, -0.25) is 9.79 Å². The molecule has 148 valence electrons. The van der Waals surface area contributed by atoms with E-state index in [1.54, 1.807) is 11.9 Å². The van der Waals surface area contributed by atoms with Crippen molar-refractivity contribution in [1.29, 1.82) is 0 Å². The van der Waals surface area contributed by atoms with Gasteiger partial charge in [-0.15, -0.1) is 0 Å². The van der Waals surface area contributed by atoms with Gasteiger partial charge in [0.2, 0.25) is 5.91 Å². The highest BCUT2D eigenvalue weighted by Gasteiger charge is 2.24. The van der Waals surface area contributed by atoms with E-state index in [2.05, 4.69) is 4.99 Å². The van der Waals surface area contributed by atoms with E-state index in [1.165, 1.54) is 0 Å². The van der Waals surface area contributed by atoms with Gasteiger partial charge in [0.05, 0.1) is 17.9 Å². The Bertz CT molecular complexity index is 899. The zero-order valence-electron chi connectivity index (χ0n) is 16.8. The monoisotopic (exact) mass is 386 g/mol. The van der Waals surface area contributed by atoms with Crippen molar-refractivity contribution in [3.8, 4) is 0 Å². The van der Waals surface area contributed by atoms with Gasteiger partial charge >= 0.3 is 0 Å². The molecule has 0 bridgehead atoms. The van der Waals surface area contributed by atoms with Crippen LogP contribution in [0.1, 0.15) is 29.7 Å². The summed E-state index contributed by atoms with van der Waals surface area (Å²) in [6, 6.07) is 28.7. The molecule has 4 nitrogen and oxygen atoms in total. The Hall–Kier alpha value is -3.24. The number of rotatable bonds is 7. The molecule has 3 rings (SSSR count). The Morgan fingerprint density at radius 2 is 1.31 bits per heavy atom. The molecular formula is C25H26N2O2. The van der Waals surface area contributed by atoms with Gasteiger partial charge < -0.3 is 10.0 Å². The van der Waals surface area contributed by atoms with E-state index in [1.807, 2.05) is 97.9 Å². The molecule has 1 N–H and O–H groups in total. The number of aliphatic hydroxyl groups is 1. The molecule has 0 aliphatic heterocycles. The van der Waals surface area contributed by atoms with Crippen LogP contribution in [0.15, 0.2) is 96.0 Å². The van der Waals surface area contributed by atoms with Crippen molar-refractivity contribution < 1.29 is 9.90 Å². The van der Waals surface area contributed by atoms with Crippen molar-refractivity contribution in [3.63, 3.8) is 0 Å². The molecule has 1 amide bonds. The van der Waals surface area contributed by atoms with Crippen molar-refractivity contribution >= 4 is 11.6 Å². The Morgan fingerprint density at radius 1 is 0.862 bits per heavy atom. The third-order valence-electron chi connectivity index (χ3n) is 5.07. The largest absolute Gasteiger partial charge is 0.386 e. The van der Waals surface area contributed by atoms with Crippen LogP contribution in [0.25, 0.3) is 0 Å². The molecule has 3 aromatic rings. The maximum atomic E-state index is 12.8. The van der Waals surface area contributed by atoms with Crippen LogP contribution < -0.4 is 0 Å². The van der Waals surface area contributed by atoms with Gasteiger partial charge in [-0.05, 0) is 12.5 Å². The van der Waals surface area contributed by atoms with Crippen LogP contribution in [0.4, 0.5) is 0 Å². The maximum Gasteiger partial charge on any atom is 0.244 e. The van der Waals surface area contributed by atoms with Crippen molar-refractivity contribution in [1.82, 2.24) is 4.90 Å². The second-order valence-electron chi connectivity index (χ2n) is 7.00. The molecule has 0 heterocycles. The normalized spacial score (nSPS) is 12.7. The number of aliphatic imine (C=N–C) groups is 1. The molecule has 0 radical (unpaired) electrons. The van der Waals surface area contributed by atoms with E-state index in [9.17, 15) is 9.90 Å². The summed E-state index contributed by atoms with van der Waals surface area (Å²) >= 11 is 0. The van der Waals surface area contributed by atoms with Gasteiger partial charge in [0.1, 0.15) is 6.54 Å². The summed E-state index contributed by atoms with van der Waals surface area (Å²) in [4.78, 5) is 19.0. The van der Waals surface area contributed by atoms with Gasteiger partial charge in [-0.2, -0.15) is 0 Å². The fraction of sp³-hybridized carbons (Fsp3) is 0.200. The number of carbonyl (C=O) groups excluding carboxylic acids is 1. The first kappa shape index (κ1) is 20.5. The molecule has 4 heteroatoms. The lowest BCUT2D eigenvalue weighted by atomic mass is 10.0. The van der Waals surface area contributed by atoms with Crippen LogP contribution in [0.3, 0.4) is 0 Å². The zero-order valence-corrected chi connectivity index (χ0v) is 16.8. The summed E-state index contributed by atoms with van der Waals surface area (Å²) in [5.41, 5.74) is 3.50. The molecule has 0 aliphatic rings. The average molecular weight is 386 g/mol. The molecule has 2 unspecified atom stereocenters. The standard InChI is InChI=1S/C25H26N2O2/c1-19(25(29)22-16-10-5-11-17-22)27(2)23(28)18-26-24(20-12-6-3-7-13-20)21-14-8-4-9-15-21/h3-17,19,25,29H,18H2,1-2H3. The highest BCUT2D eigenvalue weighted by Crippen LogP contribution is 2.20. The summed E-state index contributed by atoms with van der Waals surface area (Å²) in [7, 11) is 1.71. The fourth-order valence-corrected chi connectivity index (χ4v) is 3.17. The lowest BCUT2D eigenvalue weighted by Gasteiger charge is -2.29. The van der Waals surface area contributed by atoms with E-state index in [4.69, 9.17) is 0 Å². The quantitative estimate of drug-likeness (QED) is 0.622. The number of amides is 1. The van der Waals surface area contributed by atoms with Gasteiger partial charge in [0, 0.05) is 18.2 Å². The topological polar surface area (TPSA) is 52.9 Å². The number of nitrogens with zero attached hydrogens (tertiary/aromatic N) is 2. The number of likely N-dealkylation sites (N-methyl/N-ethyl adjacent to an activating group) is 1. The molecule has 0 spiro atoms. The Labute approximate surface area is 172 Å². The number of benzene rings is 3. The third kappa shape index (κ3) is 5.18. The SMILES string of the molecule is CC(C(O)c1ccccc1)N(C)C(=O)CN=C(c1ccccc1)c1ccccc1. The molecule has 0 fully saturated rings. The van der Waals surface area contributed by atoms with Crippen LogP contribution >= 0.6 is 0 Å². The highest BCUT2D eigenvalue weighted by molar-refractivity contribution is 6.13. The predicted molar refractivity (Wildman–Crippen MR) is 117 cm³/mol. The van der Waals surface area contributed by atoms with Crippen LogP contribution in [0.5, 0.6) is 0 Å². The molecule has 0 saturated carbocycles. The number of carbonyl (C=O) groups is 1. The minimum Gasteiger partial charge on any atom is -0.386 e. The van der Waals surface area contributed by atoms with Crippen molar-refractivity contribution in [3.05, 3.63) is 108 Å². The van der Waals surface area contributed by atoms with E-state index in [0.717, 1.165) is 22.4 Å². The maximum absolute atomic E-state index is 12.8. The van der Waals surface area contributed by atoms with Crippen LogP contribution in [0, 0.1) is 0 Å². The molecule has 0 aromatic heterocycles. The molecule has 29 heavy (non-hydrogen) atoms. The zero-order chi connectivity index (χ0) is 20.6. The lowest BCUT2D eigenvalue weighted by Crippen LogP contribution is -2.40. The van der Waals surface area contributed by atoms with E-state index in [0.29, 0.717) is 0 Å². The molecular weight excluding hydrogens is 360 g/mol. The first-order valence-corrected chi connectivity index (χ1v) is 9.72. The summed E-state index contributed by atoms with van der Waals surface area (Å²) in [6.45, 7) is 1.86. The lowest BCUT2D eigenvalue weighted by molar-refractivity contribution is -0.132. The minimum atomic E-state index is -0.753. The summed E-state index contributed by atoms with van der Waals surface area (Å²) in [5.74, 6) is -0.142. The first-order valence-electron chi connectivity index (χ1n) is 9.72. The summed E-state index contributed by atoms with van der Waals surface area (Å²) < 4.78 is 0. The molecule has 2 atom stereocenters. The Morgan fingerprint density at radius 3 is 1.79 bits per heavy atom. The molecule has 0 saturated heterocycles. The number of hydrogen-bond acceptors (Lipinski definition) is 3. The van der Waals surface area contributed by atoms with Gasteiger partial charge in [-0.1, -0.05) is 91.0 Å².